The maximum atomic E-state index is 10.7. The van der Waals surface area contributed by atoms with Crippen molar-refractivity contribution >= 4 is 13.6 Å². The summed E-state index contributed by atoms with van der Waals surface area (Å²) in [6, 6.07) is 8.56. The van der Waals surface area contributed by atoms with Gasteiger partial charge in [-0.05, 0) is 26.0 Å². The number of ether oxygens (including phenoxy) is 1. The van der Waals surface area contributed by atoms with Crippen LogP contribution < -0.4 is 4.52 Å². The number of para-hydroxylation sites is 1. The van der Waals surface area contributed by atoms with Crippen LogP contribution in [0.25, 0.3) is 0 Å². The number of benzene rings is 1. The van der Waals surface area contributed by atoms with Gasteiger partial charge in [0.1, 0.15) is 5.75 Å². The number of carbonyl (C=O) groups is 1. The second kappa shape index (κ2) is 9.53. The molecule has 1 aromatic rings. The molecule has 0 fully saturated rings. The average molecular weight is 304 g/mol. The van der Waals surface area contributed by atoms with E-state index in [-0.39, 0.29) is 18.5 Å². The number of hydrogen-bond donors (Lipinski definition) is 2. The van der Waals surface area contributed by atoms with Gasteiger partial charge in [-0.2, -0.15) is 0 Å². The van der Waals surface area contributed by atoms with Crippen LogP contribution >= 0.6 is 7.60 Å². The SMILES string of the molecule is CCOC(=O)C(C)CO.CP(=O)(O)Oc1ccccc1. The van der Waals surface area contributed by atoms with E-state index >= 15 is 0 Å². The summed E-state index contributed by atoms with van der Waals surface area (Å²) in [4.78, 5) is 19.4. The van der Waals surface area contributed by atoms with Crippen molar-refractivity contribution in [2.75, 3.05) is 19.9 Å². The summed E-state index contributed by atoms with van der Waals surface area (Å²) in [6.07, 6.45) is 0. The van der Waals surface area contributed by atoms with Crippen molar-refractivity contribution in [2.24, 2.45) is 5.92 Å². The Balaban J connectivity index is 0.000000370. The predicted molar refractivity (Wildman–Crippen MR) is 75.7 cm³/mol. The van der Waals surface area contributed by atoms with E-state index in [0.29, 0.717) is 12.4 Å². The molecule has 2 unspecified atom stereocenters. The first-order valence-corrected chi connectivity index (χ1v) is 8.15. The average Bonchev–Trinajstić information content (AvgIpc) is 2.38. The van der Waals surface area contributed by atoms with Gasteiger partial charge in [0.15, 0.2) is 0 Å². The molecule has 0 aromatic heterocycles. The minimum absolute atomic E-state index is 0.140. The maximum absolute atomic E-state index is 10.7. The number of carbonyl (C=O) groups excluding carboxylic acids is 1. The Morgan fingerprint density at radius 1 is 1.35 bits per heavy atom. The summed E-state index contributed by atoms with van der Waals surface area (Å²) in [5.74, 6) is -0.300. The Bertz CT molecular complexity index is 428. The van der Waals surface area contributed by atoms with Gasteiger partial charge < -0.3 is 19.3 Å². The lowest BCUT2D eigenvalue weighted by Crippen LogP contribution is -2.17. The van der Waals surface area contributed by atoms with E-state index in [4.69, 9.17) is 14.5 Å². The highest BCUT2D eigenvalue weighted by atomic mass is 31.2. The van der Waals surface area contributed by atoms with E-state index in [0.717, 1.165) is 6.66 Å². The van der Waals surface area contributed by atoms with E-state index in [1.54, 1.807) is 38.1 Å². The van der Waals surface area contributed by atoms with Crippen LogP contribution in [0.2, 0.25) is 0 Å². The van der Waals surface area contributed by atoms with Gasteiger partial charge in [0.2, 0.25) is 0 Å². The molecular weight excluding hydrogens is 283 g/mol. The van der Waals surface area contributed by atoms with Gasteiger partial charge in [0, 0.05) is 6.66 Å². The molecule has 0 bridgehead atoms. The Morgan fingerprint density at radius 3 is 2.30 bits per heavy atom. The molecule has 0 heterocycles. The van der Waals surface area contributed by atoms with Crippen LogP contribution in [0, 0.1) is 5.92 Å². The standard InChI is InChI=1S/C7H9O3P.C6H12O3/c1-11(8,9)10-7-5-3-2-4-6-7;1-3-9-6(8)5(2)4-7/h2-6H,1H3,(H,8,9);5,7H,3-4H2,1-2H3. The zero-order valence-corrected chi connectivity index (χ0v) is 12.7. The molecule has 0 saturated heterocycles. The number of esters is 1. The normalized spacial score (nSPS) is 14.2. The highest BCUT2D eigenvalue weighted by Crippen LogP contribution is 2.37. The summed E-state index contributed by atoms with van der Waals surface area (Å²) < 4.78 is 20.0. The third-order valence-electron chi connectivity index (χ3n) is 1.98. The lowest BCUT2D eigenvalue weighted by Gasteiger charge is -2.06. The number of aliphatic hydroxyl groups is 1. The van der Waals surface area contributed by atoms with Gasteiger partial charge in [-0.25, -0.2) is 4.57 Å². The molecule has 0 aliphatic carbocycles. The van der Waals surface area contributed by atoms with Crippen molar-refractivity contribution in [3.8, 4) is 5.75 Å². The molecule has 0 spiro atoms. The number of aliphatic hydroxyl groups excluding tert-OH is 1. The van der Waals surface area contributed by atoms with Crippen molar-refractivity contribution in [1.82, 2.24) is 0 Å². The van der Waals surface area contributed by atoms with Crippen LogP contribution in [0.5, 0.6) is 5.75 Å². The second-order valence-electron chi connectivity index (χ2n) is 4.04. The molecule has 0 amide bonds. The second-order valence-corrected chi connectivity index (χ2v) is 5.83. The van der Waals surface area contributed by atoms with Crippen molar-refractivity contribution in [3.05, 3.63) is 30.3 Å². The summed E-state index contributed by atoms with van der Waals surface area (Å²) in [7, 11) is -3.39. The lowest BCUT2D eigenvalue weighted by atomic mass is 10.2. The molecule has 7 heteroatoms. The fraction of sp³-hybridized carbons (Fsp3) is 0.462. The molecule has 1 aromatic carbocycles. The molecule has 0 aliphatic rings. The van der Waals surface area contributed by atoms with Gasteiger partial charge in [-0.1, -0.05) is 18.2 Å². The van der Waals surface area contributed by atoms with E-state index in [2.05, 4.69) is 4.74 Å². The van der Waals surface area contributed by atoms with Gasteiger partial charge in [-0.3, -0.25) is 4.79 Å². The Hall–Kier alpha value is -1.36. The zero-order chi connectivity index (χ0) is 15.6. The van der Waals surface area contributed by atoms with Gasteiger partial charge in [-0.15, -0.1) is 0 Å². The Morgan fingerprint density at radius 2 is 1.90 bits per heavy atom. The lowest BCUT2D eigenvalue weighted by molar-refractivity contribution is -0.148. The fourth-order valence-electron chi connectivity index (χ4n) is 1.04. The van der Waals surface area contributed by atoms with Crippen molar-refractivity contribution in [1.29, 1.82) is 0 Å². The van der Waals surface area contributed by atoms with Crippen LogP contribution in [0.1, 0.15) is 13.8 Å². The van der Waals surface area contributed by atoms with E-state index in [1.165, 1.54) is 0 Å². The van der Waals surface area contributed by atoms with Crippen LogP contribution in [-0.2, 0) is 14.1 Å². The molecule has 20 heavy (non-hydrogen) atoms. The predicted octanol–water partition coefficient (Wildman–Crippen LogP) is 2.06. The Kier molecular flexibility index (Phi) is 8.88. The van der Waals surface area contributed by atoms with Crippen LogP contribution in [0.15, 0.2) is 30.3 Å². The highest BCUT2D eigenvalue weighted by Gasteiger charge is 2.11. The summed E-state index contributed by atoms with van der Waals surface area (Å²) in [5.41, 5.74) is 0. The largest absolute Gasteiger partial charge is 0.466 e. The monoisotopic (exact) mass is 304 g/mol. The van der Waals surface area contributed by atoms with Crippen LogP contribution in [0.3, 0.4) is 0 Å². The van der Waals surface area contributed by atoms with E-state index in [1.807, 2.05) is 6.07 Å². The fourth-order valence-corrected chi connectivity index (χ4v) is 1.55. The minimum atomic E-state index is -3.39. The van der Waals surface area contributed by atoms with Gasteiger partial charge >= 0.3 is 13.6 Å². The minimum Gasteiger partial charge on any atom is -0.466 e. The maximum Gasteiger partial charge on any atom is 0.373 e. The van der Waals surface area contributed by atoms with Crippen molar-refractivity contribution in [2.45, 2.75) is 13.8 Å². The number of rotatable bonds is 5. The van der Waals surface area contributed by atoms with Gasteiger partial charge in [0.05, 0.1) is 19.1 Å². The summed E-state index contributed by atoms with van der Waals surface area (Å²) in [5, 5.41) is 8.43. The third kappa shape index (κ3) is 9.55. The van der Waals surface area contributed by atoms with Crippen LogP contribution in [0.4, 0.5) is 0 Å². The molecule has 0 saturated carbocycles. The molecule has 0 aliphatic heterocycles. The first kappa shape index (κ1) is 18.6. The van der Waals surface area contributed by atoms with Crippen molar-refractivity contribution in [3.63, 3.8) is 0 Å². The topological polar surface area (TPSA) is 93.1 Å². The van der Waals surface area contributed by atoms with E-state index in [9.17, 15) is 9.36 Å². The number of hydrogen-bond acceptors (Lipinski definition) is 5. The Labute approximate surface area is 118 Å². The first-order chi connectivity index (χ1) is 9.30. The summed E-state index contributed by atoms with van der Waals surface area (Å²) >= 11 is 0. The first-order valence-electron chi connectivity index (χ1n) is 6.12. The van der Waals surface area contributed by atoms with Crippen molar-refractivity contribution < 1.29 is 28.6 Å². The smallest absolute Gasteiger partial charge is 0.373 e. The molecule has 2 atom stereocenters. The molecule has 6 nitrogen and oxygen atoms in total. The molecular formula is C13H21O6P. The zero-order valence-electron chi connectivity index (χ0n) is 11.9. The van der Waals surface area contributed by atoms with Crippen LogP contribution in [-0.4, -0.2) is 35.8 Å². The molecule has 1 rings (SSSR count). The van der Waals surface area contributed by atoms with E-state index < -0.39 is 7.60 Å². The molecule has 2 N–H and O–H groups in total. The van der Waals surface area contributed by atoms with Gasteiger partial charge in [0.25, 0.3) is 0 Å². The molecule has 114 valence electrons. The highest BCUT2D eigenvalue weighted by molar-refractivity contribution is 7.52. The molecule has 0 radical (unpaired) electrons. The quantitative estimate of drug-likeness (QED) is 0.639. The summed E-state index contributed by atoms with van der Waals surface area (Å²) in [6.45, 7) is 4.75. The third-order valence-corrected chi connectivity index (χ3v) is 2.53.